The van der Waals surface area contributed by atoms with E-state index >= 15 is 0 Å². The van der Waals surface area contributed by atoms with Gasteiger partial charge in [0, 0.05) is 37.3 Å². The Kier molecular flexibility index (Phi) is 4.88. The molecular weight excluding hydrogens is 220 g/mol. The monoisotopic (exact) mass is 254 g/mol. The van der Waals surface area contributed by atoms with Gasteiger partial charge in [-0.25, -0.2) is 0 Å². The molecule has 1 aliphatic heterocycles. The molecule has 2 nitrogen and oxygen atoms in total. The predicted molar refractivity (Wildman–Crippen MR) is 81.0 cm³/mol. The molecule has 0 N–H and O–H groups in total. The van der Waals surface area contributed by atoms with Gasteiger partial charge < -0.3 is 0 Å². The molecule has 0 amide bonds. The molecule has 1 saturated heterocycles. The van der Waals surface area contributed by atoms with Crippen LogP contribution in [0.2, 0.25) is 0 Å². The van der Waals surface area contributed by atoms with Gasteiger partial charge in [-0.3, -0.25) is 9.80 Å². The fourth-order valence-corrected chi connectivity index (χ4v) is 3.89. The summed E-state index contributed by atoms with van der Waals surface area (Å²) in [6.07, 6.45) is 1.27. The molecule has 2 heteroatoms. The summed E-state index contributed by atoms with van der Waals surface area (Å²) >= 11 is 0. The average Bonchev–Trinajstić information content (AvgIpc) is 2.10. The van der Waals surface area contributed by atoms with Crippen LogP contribution in [-0.4, -0.2) is 47.1 Å². The lowest BCUT2D eigenvalue weighted by atomic mass is 9.77. The van der Waals surface area contributed by atoms with Gasteiger partial charge in [-0.2, -0.15) is 0 Å². The molecule has 1 aliphatic rings. The minimum atomic E-state index is 0.306. The maximum Gasteiger partial charge on any atom is 0.0162 e. The van der Waals surface area contributed by atoms with E-state index in [0.717, 1.165) is 0 Å². The number of hydrogen-bond donors (Lipinski definition) is 0. The molecule has 1 rings (SSSR count). The van der Waals surface area contributed by atoms with E-state index in [1.54, 1.807) is 0 Å². The summed E-state index contributed by atoms with van der Waals surface area (Å²) in [7, 11) is 0. The van der Waals surface area contributed by atoms with Gasteiger partial charge in [0.1, 0.15) is 0 Å². The van der Waals surface area contributed by atoms with Gasteiger partial charge in [0.25, 0.3) is 0 Å². The first-order chi connectivity index (χ1) is 8.05. The van der Waals surface area contributed by atoms with E-state index in [-0.39, 0.29) is 0 Å². The topological polar surface area (TPSA) is 6.48 Å². The lowest BCUT2D eigenvalue weighted by Gasteiger charge is -2.50. The molecular formula is C16H34N2. The molecule has 0 atom stereocenters. The minimum absolute atomic E-state index is 0.306. The normalized spacial score (nSPS) is 26.3. The highest BCUT2D eigenvalue weighted by molar-refractivity contribution is 4.93. The second-order valence-electron chi connectivity index (χ2n) is 8.00. The van der Waals surface area contributed by atoms with Gasteiger partial charge in [0.15, 0.2) is 0 Å². The second-order valence-corrected chi connectivity index (χ2v) is 8.00. The third-order valence-corrected chi connectivity index (χ3v) is 4.30. The molecule has 0 aromatic heterocycles. The zero-order chi connectivity index (χ0) is 14.1. The van der Waals surface area contributed by atoms with Crippen LogP contribution >= 0.6 is 0 Å². The highest BCUT2D eigenvalue weighted by atomic mass is 15.3. The van der Waals surface area contributed by atoms with Crippen LogP contribution in [0.15, 0.2) is 0 Å². The standard InChI is InChI=1S/C16H34N2/c1-13(2)17-9-10-18(14(3)4)16(7,8)11-15(5,6)12-17/h13-14H,9-12H2,1-8H3. The fourth-order valence-electron chi connectivity index (χ4n) is 3.89. The van der Waals surface area contributed by atoms with Gasteiger partial charge in [-0.1, -0.05) is 13.8 Å². The maximum atomic E-state index is 2.68. The molecule has 108 valence electrons. The lowest BCUT2D eigenvalue weighted by Crippen LogP contribution is -2.57. The Morgan fingerprint density at radius 2 is 1.39 bits per heavy atom. The van der Waals surface area contributed by atoms with Crippen molar-refractivity contribution in [1.29, 1.82) is 0 Å². The third kappa shape index (κ3) is 3.96. The summed E-state index contributed by atoms with van der Waals surface area (Å²) in [6.45, 7) is 22.6. The SMILES string of the molecule is CC(C)N1CCN(C(C)C)C(C)(C)CC(C)(C)C1. The first kappa shape index (κ1) is 16.0. The smallest absolute Gasteiger partial charge is 0.0162 e. The molecule has 0 saturated carbocycles. The summed E-state index contributed by atoms with van der Waals surface area (Å²) in [5.41, 5.74) is 0.696. The molecule has 1 heterocycles. The Balaban J connectivity index is 2.93. The third-order valence-electron chi connectivity index (χ3n) is 4.30. The number of rotatable bonds is 2. The lowest BCUT2D eigenvalue weighted by molar-refractivity contribution is -0.00804. The van der Waals surface area contributed by atoms with Gasteiger partial charge in [-0.15, -0.1) is 0 Å². The number of nitrogens with zero attached hydrogens (tertiary/aromatic N) is 2. The first-order valence-corrected chi connectivity index (χ1v) is 7.56. The van der Waals surface area contributed by atoms with Crippen molar-refractivity contribution in [2.24, 2.45) is 5.41 Å². The van der Waals surface area contributed by atoms with E-state index in [2.05, 4.69) is 65.2 Å². The van der Waals surface area contributed by atoms with E-state index in [9.17, 15) is 0 Å². The molecule has 0 aromatic carbocycles. The van der Waals surface area contributed by atoms with Crippen molar-refractivity contribution >= 4 is 0 Å². The van der Waals surface area contributed by atoms with Crippen LogP contribution in [0.25, 0.3) is 0 Å². The Hall–Kier alpha value is -0.0800. The molecule has 0 unspecified atom stereocenters. The molecule has 0 bridgehead atoms. The van der Waals surface area contributed by atoms with Crippen LogP contribution < -0.4 is 0 Å². The molecule has 1 fully saturated rings. The van der Waals surface area contributed by atoms with Crippen molar-refractivity contribution in [3.05, 3.63) is 0 Å². The first-order valence-electron chi connectivity index (χ1n) is 7.56. The summed E-state index contributed by atoms with van der Waals surface area (Å²) in [6, 6.07) is 1.28. The summed E-state index contributed by atoms with van der Waals surface area (Å²) in [5, 5.41) is 0. The van der Waals surface area contributed by atoms with Crippen LogP contribution in [0.1, 0.15) is 61.8 Å². The Morgan fingerprint density at radius 3 is 1.83 bits per heavy atom. The minimum Gasteiger partial charge on any atom is -0.299 e. The predicted octanol–water partition coefficient (Wildman–Crippen LogP) is 3.62. The van der Waals surface area contributed by atoms with Crippen molar-refractivity contribution in [3.63, 3.8) is 0 Å². The van der Waals surface area contributed by atoms with Crippen molar-refractivity contribution in [2.45, 2.75) is 79.4 Å². The quantitative estimate of drug-likeness (QED) is 0.742. The molecule has 0 aliphatic carbocycles. The Labute approximate surface area is 115 Å². The van der Waals surface area contributed by atoms with Crippen molar-refractivity contribution in [3.8, 4) is 0 Å². The summed E-state index contributed by atoms with van der Waals surface area (Å²) < 4.78 is 0. The van der Waals surface area contributed by atoms with E-state index < -0.39 is 0 Å². The van der Waals surface area contributed by atoms with Crippen molar-refractivity contribution < 1.29 is 0 Å². The van der Waals surface area contributed by atoms with Crippen LogP contribution in [-0.2, 0) is 0 Å². The molecule has 0 radical (unpaired) electrons. The van der Waals surface area contributed by atoms with Gasteiger partial charge in [-0.05, 0) is 53.4 Å². The van der Waals surface area contributed by atoms with Crippen LogP contribution in [0.5, 0.6) is 0 Å². The van der Waals surface area contributed by atoms with E-state index in [0.29, 0.717) is 23.0 Å². The zero-order valence-corrected chi connectivity index (χ0v) is 13.9. The highest BCUT2D eigenvalue weighted by Crippen LogP contribution is 2.35. The molecule has 18 heavy (non-hydrogen) atoms. The van der Waals surface area contributed by atoms with E-state index in [1.165, 1.54) is 26.1 Å². The van der Waals surface area contributed by atoms with Gasteiger partial charge in [0.2, 0.25) is 0 Å². The highest BCUT2D eigenvalue weighted by Gasteiger charge is 2.38. The second kappa shape index (κ2) is 5.50. The fraction of sp³-hybridized carbons (Fsp3) is 1.00. The van der Waals surface area contributed by atoms with Gasteiger partial charge in [0.05, 0.1) is 0 Å². The number of hydrogen-bond acceptors (Lipinski definition) is 2. The Morgan fingerprint density at radius 1 is 0.833 bits per heavy atom. The molecule has 0 spiro atoms. The maximum absolute atomic E-state index is 2.68. The van der Waals surface area contributed by atoms with E-state index in [4.69, 9.17) is 0 Å². The van der Waals surface area contributed by atoms with Crippen LogP contribution in [0, 0.1) is 5.41 Å². The van der Waals surface area contributed by atoms with Crippen LogP contribution in [0.4, 0.5) is 0 Å². The van der Waals surface area contributed by atoms with E-state index in [1.807, 2.05) is 0 Å². The van der Waals surface area contributed by atoms with Crippen molar-refractivity contribution in [1.82, 2.24) is 9.80 Å². The van der Waals surface area contributed by atoms with Crippen molar-refractivity contribution in [2.75, 3.05) is 19.6 Å². The average molecular weight is 254 g/mol. The summed E-state index contributed by atoms with van der Waals surface area (Å²) in [4.78, 5) is 5.33. The molecule has 0 aromatic rings. The zero-order valence-electron chi connectivity index (χ0n) is 13.9. The van der Waals surface area contributed by atoms with Crippen LogP contribution in [0.3, 0.4) is 0 Å². The summed E-state index contributed by atoms with van der Waals surface area (Å²) in [5.74, 6) is 0. The van der Waals surface area contributed by atoms with Gasteiger partial charge >= 0.3 is 0 Å². The Bertz CT molecular complexity index is 266. The largest absolute Gasteiger partial charge is 0.299 e.